The molecule has 0 saturated heterocycles. The standard InChI is InChI=1S/C17H24N4O2S2.HI/c1-4-14(12-25(22,23)15-8-6-5-7-9-15)21-17(18-3)20-11-16-19-10-13(2)24-16;/h5-10,14H,4,11-12H2,1-3H3,(H2,18,20,21);1H. The summed E-state index contributed by atoms with van der Waals surface area (Å²) in [6, 6.07) is 8.30. The minimum absolute atomic E-state index is 0. The van der Waals surface area contributed by atoms with Crippen LogP contribution in [-0.4, -0.2) is 38.2 Å². The van der Waals surface area contributed by atoms with Crippen molar-refractivity contribution in [2.24, 2.45) is 4.99 Å². The first-order valence-electron chi connectivity index (χ1n) is 8.11. The van der Waals surface area contributed by atoms with Crippen molar-refractivity contribution in [3.05, 3.63) is 46.4 Å². The molecule has 0 aliphatic heterocycles. The molecule has 2 rings (SSSR count). The molecule has 2 N–H and O–H groups in total. The Balaban J connectivity index is 0.00000338. The van der Waals surface area contributed by atoms with Crippen molar-refractivity contribution in [1.82, 2.24) is 15.6 Å². The third kappa shape index (κ3) is 6.84. The summed E-state index contributed by atoms with van der Waals surface area (Å²) in [5.41, 5.74) is 0. The molecule has 1 aromatic heterocycles. The van der Waals surface area contributed by atoms with Crippen LogP contribution in [0, 0.1) is 6.92 Å². The van der Waals surface area contributed by atoms with Crippen molar-refractivity contribution in [3.8, 4) is 0 Å². The van der Waals surface area contributed by atoms with Gasteiger partial charge >= 0.3 is 0 Å². The first-order valence-corrected chi connectivity index (χ1v) is 10.6. The van der Waals surface area contributed by atoms with Gasteiger partial charge in [-0.2, -0.15) is 0 Å². The van der Waals surface area contributed by atoms with Crippen LogP contribution >= 0.6 is 35.3 Å². The van der Waals surface area contributed by atoms with E-state index < -0.39 is 9.84 Å². The molecule has 0 aliphatic carbocycles. The SMILES string of the molecule is CCC(CS(=O)(=O)c1ccccc1)NC(=NC)NCc1ncc(C)s1.I. The molecule has 1 unspecified atom stereocenters. The van der Waals surface area contributed by atoms with Crippen molar-refractivity contribution in [2.75, 3.05) is 12.8 Å². The summed E-state index contributed by atoms with van der Waals surface area (Å²) in [5.74, 6) is 0.591. The average molecular weight is 508 g/mol. The lowest BCUT2D eigenvalue weighted by molar-refractivity contribution is 0.568. The van der Waals surface area contributed by atoms with Gasteiger partial charge in [0, 0.05) is 24.2 Å². The number of halogens is 1. The molecule has 0 radical (unpaired) electrons. The molecule has 26 heavy (non-hydrogen) atoms. The quantitative estimate of drug-likeness (QED) is 0.342. The number of aliphatic imine (C=N–C) groups is 1. The lowest BCUT2D eigenvalue weighted by atomic mass is 10.3. The summed E-state index contributed by atoms with van der Waals surface area (Å²) < 4.78 is 25.1. The molecule has 2 aromatic rings. The van der Waals surface area contributed by atoms with Gasteiger partial charge in [0.2, 0.25) is 0 Å². The van der Waals surface area contributed by atoms with E-state index in [0.717, 1.165) is 9.88 Å². The Morgan fingerprint density at radius 3 is 2.54 bits per heavy atom. The molecular weight excluding hydrogens is 483 g/mol. The van der Waals surface area contributed by atoms with E-state index in [2.05, 4.69) is 20.6 Å². The second-order valence-corrected chi connectivity index (χ2v) is 8.99. The Morgan fingerprint density at radius 2 is 2.00 bits per heavy atom. The van der Waals surface area contributed by atoms with Gasteiger partial charge in [-0.15, -0.1) is 35.3 Å². The van der Waals surface area contributed by atoms with Crippen LogP contribution in [0.1, 0.15) is 23.2 Å². The van der Waals surface area contributed by atoms with Crippen LogP contribution in [0.15, 0.2) is 46.4 Å². The molecule has 6 nitrogen and oxygen atoms in total. The molecule has 0 aliphatic rings. The Morgan fingerprint density at radius 1 is 1.31 bits per heavy atom. The maximum atomic E-state index is 12.5. The monoisotopic (exact) mass is 508 g/mol. The Hall–Kier alpha value is -1.20. The predicted octanol–water partition coefficient (Wildman–Crippen LogP) is 2.99. The second-order valence-electron chi connectivity index (χ2n) is 5.63. The van der Waals surface area contributed by atoms with E-state index in [-0.39, 0.29) is 35.8 Å². The van der Waals surface area contributed by atoms with Crippen LogP contribution in [0.25, 0.3) is 0 Å². The number of benzene rings is 1. The van der Waals surface area contributed by atoms with Crippen molar-refractivity contribution < 1.29 is 8.42 Å². The number of rotatable bonds is 7. The predicted molar refractivity (Wildman–Crippen MR) is 118 cm³/mol. The zero-order valence-corrected chi connectivity index (χ0v) is 19.1. The fourth-order valence-corrected chi connectivity index (χ4v) is 4.62. The average Bonchev–Trinajstić information content (AvgIpc) is 3.03. The number of nitrogens with one attached hydrogen (secondary N) is 2. The number of thiazole rings is 1. The molecule has 1 aromatic carbocycles. The van der Waals surface area contributed by atoms with Gasteiger partial charge in [-0.3, -0.25) is 4.99 Å². The fourth-order valence-electron chi connectivity index (χ4n) is 2.28. The van der Waals surface area contributed by atoms with E-state index >= 15 is 0 Å². The van der Waals surface area contributed by atoms with Crippen LogP contribution in [0.4, 0.5) is 0 Å². The first-order chi connectivity index (χ1) is 11.9. The highest BCUT2D eigenvalue weighted by Gasteiger charge is 2.21. The number of guanidine groups is 1. The summed E-state index contributed by atoms with van der Waals surface area (Å²) in [6.45, 7) is 4.52. The van der Waals surface area contributed by atoms with Crippen molar-refractivity contribution in [1.29, 1.82) is 0 Å². The Bertz CT molecular complexity index is 807. The van der Waals surface area contributed by atoms with Crippen LogP contribution < -0.4 is 10.6 Å². The summed E-state index contributed by atoms with van der Waals surface area (Å²) in [7, 11) is -1.68. The van der Waals surface area contributed by atoms with Gasteiger partial charge in [0.15, 0.2) is 15.8 Å². The number of aryl methyl sites for hydroxylation is 1. The van der Waals surface area contributed by atoms with Gasteiger partial charge in [-0.25, -0.2) is 13.4 Å². The van der Waals surface area contributed by atoms with Gasteiger partial charge in [-0.1, -0.05) is 25.1 Å². The zero-order chi connectivity index (χ0) is 18.3. The molecule has 9 heteroatoms. The fraction of sp³-hybridized carbons (Fsp3) is 0.412. The van der Waals surface area contributed by atoms with E-state index in [1.807, 2.05) is 20.0 Å². The molecule has 0 amide bonds. The van der Waals surface area contributed by atoms with Crippen LogP contribution in [0.2, 0.25) is 0 Å². The summed E-state index contributed by atoms with van der Waals surface area (Å²) in [6.07, 6.45) is 2.50. The molecule has 1 atom stereocenters. The van der Waals surface area contributed by atoms with Crippen LogP contribution in [0.3, 0.4) is 0 Å². The molecule has 0 bridgehead atoms. The number of hydrogen-bond donors (Lipinski definition) is 2. The highest BCUT2D eigenvalue weighted by atomic mass is 127. The number of sulfone groups is 1. The second kappa shape index (κ2) is 10.8. The largest absolute Gasteiger partial charge is 0.353 e. The minimum atomic E-state index is -3.34. The molecule has 1 heterocycles. The van der Waals surface area contributed by atoms with Crippen molar-refractivity contribution in [2.45, 2.75) is 37.8 Å². The Kier molecular flexibility index (Phi) is 9.51. The smallest absolute Gasteiger partial charge is 0.191 e. The van der Waals surface area contributed by atoms with E-state index in [4.69, 9.17) is 0 Å². The maximum absolute atomic E-state index is 12.5. The summed E-state index contributed by atoms with van der Waals surface area (Å²) in [5, 5.41) is 7.34. The topological polar surface area (TPSA) is 83.5 Å². The van der Waals surface area contributed by atoms with Gasteiger partial charge in [0.1, 0.15) is 5.01 Å². The normalized spacial score (nSPS) is 13.0. The van der Waals surface area contributed by atoms with Gasteiger partial charge in [-0.05, 0) is 25.5 Å². The number of aromatic nitrogens is 1. The van der Waals surface area contributed by atoms with Crippen LogP contribution in [0.5, 0.6) is 0 Å². The highest BCUT2D eigenvalue weighted by molar-refractivity contribution is 14.0. The van der Waals surface area contributed by atoms with Crippen molar-refractivity contribution >= 4 is 51.1 Å². The zero-order valence-electron chi connectivity index (χ0n) is 15.1. The van der Waals surface area contributed by atoms with Gasteiger partial charge < -0.3 is 10.6 Å². The number of hydrogen-bond acceptors (Lipinski definition) is 5. The number of nitrogens with zero attached hydrogens (tertiary/aromatic N) is 2. The molecular formula is C17H25IN4O2S2. The van der Waals surface area contributed by atoms with E-state index in [1.165, 1.54) is 0 Å². The molecule has 0 saturated carbocycles. The lowest BCUT2D eigenvalue weighted by Gasteiger charge is -2.20. The third-order valence-corrected chi connectivity index (χ3v) is 6.40. The lowest BCUT2D eigenvalue weighted by Crippen LogP contribution is -2.45. The van der Waals surface area contributed by atoms with E-state index in [0.29, 0.717) is 23.8 Å². The van der Waals surface area contributed by atoms with Gasteiger partial charge in [0.25, 0.3) is 0 Å². The van der Waals surface area contributed by atoms with Gasteiger partial charge in [0.05, 0.1) is 17.2 Å². The third-order valence-electron chi connectivity index (χ3n) is 3.66. The maximum Gasteiger partial charge on any atom is 0.191 e. The van der Waals surface area contributed by atoms with Crippen molar-refractivity contribution in [3.63, 3.8) is 0 Å². The summed E-state index contributed by atoms with van der Waals surface area (Å²) in [4.78, 5) is 9.97. The highest BCUT2D eigenvalue weighted by Crippen LogP contribution is 2.13. The van der Waals surface area contributed by atoms with E-state index in [9.17, 15) is 8.42 Å². The minimum Gasteiger partial charge on any atom is -0.353 e. The van der Waals surface area contributed by atoms with Crippen LogP contribution in [-0.2, 0) is 16.4 Å². The molecule has 144 valence electrons. The Labute approximate surface area is 176 Å². The molecule has 0 fully saturated rings. The van der Waals surface area contributed by atoms with E-state index in [1.54, 1.807) is 48.7 Å². The first kappa shape index (κ1) is 22.8. The summed E-state index contributed by atoms with van der Waals surface area (Å²) >= 11 is 1.62. The molecule has 0 spiro atoms.